The quantitative estimate of drug-likeness (QED) is 0.326. The van der Waals surface area contributed by atoms with Crippen LogP contribution < -0.4 is 14.4 Å². The second-order valence-electron chi connectivity index (χ2n) is 10.8. The molecule has 3 aromatic carbocycles. The Morgan fingerprint density at radius 3 is 2.05 bits per heavy atom. The zero-order valence-corrected chi connectivity index (χ0v) is 25.8. The molecule has 8 nitrogen and oxygen atoms in total. The third-order valence-corrected chi connectivity index (χ3v) is 8.65. The summed E-state index contributed by atoms with van der Waals surface area (Å²) in [6.45, 7) is 11.4. The molecule has 0 saturated heterocycles. The van der Waals surface area contributed by atoms with Gasteiger partial charge in [-0.25, -0.2) is 8.42 Å². The monoisotopic (exact) mass is 579 g/mol. The molecule has 0 aliphatic carbocycles. The highest BCUT2D eigenvalue weighted by Gasteiger charge is 2.33. The molecule has 3 rings (SSSR count). The fourth-order valence-corrected chi connectivity index (χ4v) is 5.88. The first-order valence-corrected chi connectivity index (χ1v) is 15.1. The van der Waals surface area contributed by atoms with Crippen LogP contribution in [0.5, 0.6) is 5.75 Å². The van der Waals surface area contributed by atoms with Gasteiger partial charge in [-0.05, 0) is 75.1 Å². The van der Waals surface area contributed by atoms with Crippen molar-refractivity contribution in [2.24, 2.45) is 5.92 Å². The van der Waals surface area contributed by atoms with Gasteiger partial charge in [-0.3, -0.25) is 13.9 Å². The minimum Gasteiger partial charge on any atom is -0.497 e. The minimum absolute atomic E-state index is 0.0836. The standard InChI is InChI=1S/C32H41N3O5S/c1-22(2)19-33-32(37)26(6)34(20-27-11-13-28(40-7)14-12-27)31(36)21-35(30-17-10-24(4)18-25(30)5)41(38,39)29-15-8-23(3)9-16-29/h8-18,22,26H,19-21H2,1-7H3,(H,33,37). The average molecular weight is 580 g/mol. The summed E-state index contributed by atoms with van der Waals surface area (Å²) < 4.78 is 34.4. The van der Waals surface area contributed by atoms with Gasteiger partial charge in [-0.2, -0.15) is 0 Å². The predicted octanol–water partition coefficient (Wildman–Crippen LogP) is 5.01. The highest BCUT2D eigenvalue weighted by molar-refractivity contribution is 7.92. The Morgan fingerprint density at radius 2 is 1.49 bits per heavy atom. The summed E-state index contributed by atoms with van der Waals surface area (Å²) in [6, 6.07) is 18.3. The summed E-state index contributed by atoms with van der Waals surface area (Å²) in [5.74, 6) is 0.0970. The van der Waals surface area contributed by atoms with Crippen LogP contribution in [0.3, 0.4) is 0 Å². The van der Waals surface area contributed by atoms with Crippen molar-refractivity contribution in [3.05, 3.63) is 89.0 Å². The highest BCUT2D eigenvalue weighted by Crippen LogP contribution is 2.28. The number of carbonyl (C=O) groups excluding carboxylic acids is 2. The van der Waals surface area contributed by atoms with E-state index in [1.165, 1.54) is 4.90 Å². The van der Waals surface area contributed by atoms with Crippen LogP contribution >= 0.6 is 0 Å². The lowest BCUT2D eigenvalue weighted by molar-refractivity contribution is -0.139. The Morgan fingerprint density at radius 1 is 0.878 bits per heavy atom. The molecule has 0 aliphatic heterocycles. The smallest absolute Gasteiger partial charge is 0.264 e. The van der Waals surface area contributed by atoms with Crippen molar-refractivity contribution >= 4 is 27.5 Å². The van der Waals surface area contributed by atoms with E-state index in [1.54, 1.807) is 56.5 Å². The lowest BCUT2D eigenvalue weighted by Gasteiger charge is -2.32. The molecule has 9 heteroatoms. The van der Waals surface area contributed by atoms with Gasteiger partial charge in [0.1, 0.15) is 18.3 Å². The molecule has 220 valence electrons. The van der Waals surface area contributed by atoms with Crippen LogP contribution in [0, 0.1) is 26.7 Å². The van der Waals surface area contributed by atoms with E-state index in [2.05, 4.69) is 5.32 Å². The number of hydrogen-bond donors (Lipinski definition) is 1. The Balaban J connectivity index is 2.04. The molecule has 0 aliphatic rings. The maximum atomic E-state index is 14.1. The van der Waals surface area contributed by atoms with Gasteiger partial charge in [0.25, 0.3) is 10.0 Å². The molecule has 3 aromatic rings. The van der Waals surface area contributed by atoms with Crippen LogP contribution in [0.25, 0.3) is 0 Å². The number of methoxy groups -OCH3 is 1. The fourth-order valence-electron chi connectivity index (χ4n) is 4.40. The molecule has 0 heterocycles. The number of ether oxygens (including phenoxy) is 1. The zero-order chi connectivity index (χ0) is 30.3. The number of aryl methyl sites for hydroxylation is 3. The summed E-state index contributed by atoms with van der Waals surface area (Å²) in [4.78, 5) is 28.7. The SMILES string of the molecule is COc1ccc(CN(C(=O)CN(c2ccc(C)cc2C)S(=O)(=O)c2ccc(C)cc2)C(C)C(=O)NCC(C)C)cc1. The largest absolute Gasteiger partial charge is 0.497 e. The van der Waals surface area contributed by atoms with E-state index in [1.807, 2.05) is 58.9 Å². The van der Waals surface area contributed by atoms with Gasteiger partial charge >= 0.3 is 0 Å². The van der Waals surface area contributed by atoms with Crippen molar-refractivity contribution in [1.82, 2.24) is 10.2 Å². The Bertz CT molecular complexity index is 1450. The van der Waals surface area contributed by atoms with Crippen molar-refractivity contribution in [2.45, 2.75) is 59.0 Å². The van der Waals surface area contributed by atoms with E-state index < -0.39 is 28.5 Å². The van der Waals surface area contributed by atoms with Gasteiger partial charge in [0.05, 0.1) is 17.7 Å². The van der Waals surface area contributed by atoms with Gasteiger partial charge in [0.2, 0.25) is 11.8 Å². The maximum absolute atomic E-state index is 14.1. The van der Waals surface area contributed by atoms with Gasteiger partial charge in [0, 0.05) is 13.1 Å². The number of hydrogen-bond acceptors (Lipinski definition) is 5. The third kappa shape index (κ3) is 8.10. The summed E-state index contributed by atoms with van der Waals surface area (Å²) >= 11 is 0. The maximum Gasteiger partial charge on any atom is 0.264 e. The van der Waals surface area contributed by atoms with Crippen LogP contribution in [0.2, 0.25) is 0 Å². The highest BCUT2D eigenvalue weighted by atomic mass is 32.2. The van der Waals surface area contributed by atoms with E-state index in [9.17, 15) is 18.0 Å². The van der Waals surface area contributed by atoms with Gasteiger partial charge in [-0.15, -0.1) is 0 Å². The summed E-state index contributed by atoms with van der Waals surface area (Å²) in [5.41, 5.74) is 3.80. The Hall–Kier alpha value is -3.85. The van der Waals surface area contributed by atoms with Crippen molar-refractivity contribution in [2.75, 3.05) is 24.5 Å². The average Bonchev–Trinajstić information content (AvgIpc) is 2.93. The van der Waals surface area contributed by atoms with Crippen molar-refractivity contribution in [3.63, 3.8) is 0 Å². The van der Waals surface area contributed by atoms with Crippen molar-refractivity contribution < 1.29 is 22.7 Å². The van der Waals surface area contributed by atoms with Gasteiger partial charge in [-0.1, -0.05) is 61.4 Å². The van der Waals surface area contributed by atoms with Crippen LogP contribution in [0.1, 0.15) is 43.0 Å². The molecule has 0 saturated carbocycles. The molecule has 0 bridgehead atoms. The summed E-state index contributed by atoms with van der Waals surface area (Å²) in [7, 11) is -2.54. The lowest BCUT2D eigenvalue weighted by atomic mass is 10.1. The Kier molecular flexibility index (Phi) is 10.6. The molecule has 2 amide bonds. The molecule has 0 fully saturated rings. The molecule has 0 spiro atoms. The van der Waals surface area contributed by atoms with Crippen LogP contribution in [-0.2, 0) is 26.2 Å². The minimum atomic E-state index is -4.12. The first-order valence-electron chi connectivity index (χ1n) is 13.7. The summed E-state index contributed by atoms with van der Waals surface area (Å²) in [5, 5.41) is 2.90. The molecule has 1 N–H and O–H groups in total. The normalized spacial score (nSPS) is 12.1. The molecular weight excluding hydrogens is 538 g/mol. The first-order chi connectivity index (χ1) is 19.3. The molecule has 41 heavy (non-hydrogen) atoms. The number of amides is 2. The van der Waals surface area contributed by atoms with E-state index >= 15 is 0 Å². The van der Waals surface area contributed by atoms with E-state index in [0.29, 0.717) is 18.0 Å². The molecule has 1 atom stereocenters. The number of carbonyl (C=O) groups is 2. The number of nitrogens with one attached hydrogen (secondary N) is 1. The second kappa shape index (κ2) is 13.7. The number of sulfonamides is 1. The molecule has 0 radical (unpaired) electrons. The van der Waals surface area contributed by atoms with Gasteiger partial charge in [0.15, 0.2) is 0 Å². The van der Waals surface area contributed by atoms with Crippen LogP contribution in [0.15, 0.2) is 71.6 Å². The predicted molar refractivity (Wildman–Crippen MR) is 162 cm³/mol. The second-order valence-corrected chi connectivity index (χ2v) is 12.7. The molecule has 0 aromatic heterocycles. The zero-order valence-electron chi connectivity index (χ0n) is 25.0. The number of nitrogens with zero attached hydrogens (tertiary/aromatic N) is 2. The topological polar surface area (TPSA) is 96.0 Å². The van der Waals surface area contributed by atoms with Crippen molar-refractivity contribution in [3.8, 4) is 5.75 Å². The fraction of sp³-hybridized carbons (Fsp3) is 0.375. The molecular formula is C32H41N3O5S. The van der Waals surface area contributed by atoms with Crippen LogP contribution in [0.4, 0.5) is 5.69 Å². The third-order valence-electron chi connectivity index (χ3n) is 6.87. The number of rotatable bonds is 12. The lowest BCUT2D eigenvalue weighted by Crippen LogP contribution is -2.51. The Labute approximate surface area is 244 Å². The van der Waals surface area contributed by atoms with E-state index in [4.69, 9.17) is 4.74 Å². The van der Waals surface area contributed by atoms with Gasteiger partial charge < -0.3 is 15.0 Å². The van der Waals surface area contributed by atoms with Crippen LogP contribution in [-0.4, -0.2) is 51.4 Å². The number of benzene rings is 3. The van der Waals surface area contributed by atoms with E-state index in [-0.39, 0.29) is 23.3 Å². The van der Waals surface area contributed by atoms with Crippen molar-refractivity contribution in [1.29, 1.82) is 0 Å². The van der Waals surface area contributed by atoms with E-state index in [0.717, 1.165) is 26.6 Å². The first kappa shape index (κ1) is 31.7. The number of anilines is 1. The summed E-state index contributed by atoms with van der Waals surface area (Å²) in [6.07, 6.45) is 0. The molecule has 1 unspecified atom stereocenters.